The number of nitrogens with zero attached hydrogens (tertiary/aromatic N) is 1. The van der Waals surface area contributed by atoms with Crippen LogP contribution in [0.1, 0.15) is 39.3 Å². The van der Waals surface area contributed by atoms with Crippen LogP contribution in [0.15, 0.2) is 48.5 Å². The molecule has 0 saturated carbocycles. The molecule has 8 heteroatoms. The van der Waals surface area contributed by atoms with Crippen molar-refractivity contribution in [2.75, 3.05) is 32.2 Å². The van der Waals surface area contributed by atoms with Gasteiger partial charge in [-0.05, 0) is 53.3 Å². The van der Waals surface area contributed by atoms with Gasteiger partial charge >= 0.3 is 0 Å². The molecule has 4 rings (SSSR count). The predicted molar refractivity (Wildman–Crippen MR) is 128 cm³/mol. The molecule has 0 unspecified atom stereocenters. The number of carbonyl (C=O) groups excluding carboxylic acids is 2. The monoisotopic (exact) mass is 467 g/mol. The van der Waals surface area contributed by atoms with Crippen LogP contribution in [0.25, 0.3) is 10.8 Å². The minimum absolute atomic E-state index is 0.0863. The van der Waals surface area contributed by atoms with E-state index in [1.165, 1.54) is 0 Å². The van der Waals surface area contributed by atoms with Gasteiger partial charge in [0.15, 0.2) is 5.69 Å². The average Bonchev–Trinajstić information content (AvgIpc) is 2.84. The van der Waals surface area contributed by atoms with Crippen molar-refractivity contribution in [1.82, 2.24) is 10.3 Å². The molecule has 1 aliphatic heterocycles. The van der Waals surface area contributed by atoms with Gasteiger partial charge in [0.25, 0.3) is 11.8 Å². The molecule has 33 heavy (non-hydrogen) atoms. The number of anilines is 1. The number of methoxy groups -OCH3 is 1. The lowest BCUT2D eigenvalue weighted by atomic mass is 9.99. The Kier molecular flexibility index (Phi) is 7.54. The van der Waals surface area contributed by atoms with Crippen LogP contribution in [-0.4, -0.2) is 43.7 Å². The zero-order valence-corrected chi connectivity index (χ0v) is 19.2. The third kappa shape index (κ3) is 5.50. The van der Waals surface area contributed by atoms with Gasteiger partial charge in [0.1, 0.15) is 5.15 Å². The maximum atomic E-state index is 13.2. The van der Waals surface area contributed by atoms with E-state index in [1.54, 1.807) is 25.3 Å². The highest BCUT2D eigenvalue weighted by Crippen LogP contribution is 2.25. The number of pyridine rings is 1. The molecule has 1 aromatic heterocycles. The zero-order valence-electron chi connectivity index (χ0n) is 18.4. The van der Waals surface area contributed by atoms with E-state index in [4.69, 9.17) is 21.1 Å². The van der Waals surface area contributed by atoms with Crippen LogP contribution in [0.5, 0.6) is 0 Å². The van der Waals surface area contributed by atoms with E-state index in [9.17, 15) is 9.59 Å². The molecule has 0 spiro atoms. The highest BCUT2D eigenvalue weighted by molar-refractivity contribution is 6.29. The van der Waals surface area contributed by atoms with E-state index in [0.29, 0.717) is 43.5 Å². The van der Waals surface area contributed by atoms with Crippen LogP contribution in [0, 0.1) is 5.92 Å². The number of ether oxygens (including phenoxy) is 2. The number of amides is 2. The molecule has 1 saturated heterocycles. The van der Waals surface area contributed by atoms with E-state index < -0.39 is 0 Å². The number of benzene rings is 2. The molecule has 2 amide bonds. The summed E-state index contributed by atoms with van der Waals surface area (Å²) in [5.74, 6) is -0.353. The van der Waals surface area contributed by atoms with E-state index >= 15 is 0 Å². The van der Waals surface area contributed by atoms with Crippen LogP contribution in [0.4, 0.5) is 5.69 Å². The Balaban J connectivity index is 1.56. The Labute approximate surface area is 197 Å². The van der Waals surface area contributed by atoms with Gasteiger partial charge in [0.2, 0.25) is 0 Å². The number of hydrogen-bond acceptors (Lipinski definition) is 5. The summed E-state index contributed by atoms with van der Waals surface area (Å²) in [6.07, 6.45) is 1.80. The molecule has 1 fully saturated rings. The molecule has 2 N–H and O–H groups in total. The van der Waals surface area contributed by atoms with E-state index in [1.807, 2.05) is 30.3 Å². The van der Waals surface area contributed by atoms with E-state index in [0.717, 1.165) is 29.2 Å². The smallest absolute Gasteiger partial charge is 0.272 e. The Bertz CT molecular complexity index is 1160. The molecule has 2 aromatic carbocycles. The largest absolute Gasteiger partial charge is 0.381 e. The number of hydrogen-bond donors (Lipinski definition) is 2. The van der Waals surface area contributed by atoms with Crippen molar-refractivity contribution in [3.05, 3.63) is 70.5 Å². The van der Waals surface area contributed by atoms with E-state index in [-0.39, 0.29) is 22.7 Å². The quantitative estimate of drug-likeness (QED) is 0.501. The van der Waals surface area contributed by atoms with Crippen molar-refractivity contribution >= 4 is 39.9 Å². The van der Waals surface area contributed by atoms with Crippen molar-refractivity contribution in [3.8, 4) is 0 Å². The Morgan fingerprint density at radius 1 is 1.06 bits per heavy atom. The summed E-state index contributed by atoms with van der Waals surface area (Å²) < 4.78 is 10.6. The van der Waals surface area contributed by atoms with Gasteiger partial charge in [0, 0.05) is 32.4 Å². The van der Waals surface area contributed by atoms with Crippen molar-refractivity contribution < 1.29 is 19.1 Å². The summed E-state index contributed by atoms with van der Waals surface area (Å²) >= 11 is 6.06. The number of rotatable bonds is 7. The molecule has 7 nitrogen and oxygen atoms in total. The first kappa shape index (κ1) is 23.2. The van der Waals surface area contributed by atoms with Gasteiger partial charge < -0.3 is 20.1 Å². The molecule has 172 valence electrons. The second kappa shape index (κ2) is 10.7. The van der Waals surface area contributed by atoms with Crippen molar-refractivity contribution in [3.63, 3.8) is 0 Å². The lowest BCUT2D eigenvalue weighted by molar-refractivity contribution is 0.0642. The maximum absolute atomic E-state index is 13.2. The second-order valence-corrected chi connectivity index (χ2v) is 8.39. The van der Waals surface area contributed by atoms with Crippen LogP contribution in [0.3, 0.4) is 0 Å². The molecule has 2 heterocycles. The maximum Gasteiger partial charge on any atom is 0.272 e. The molecule has 0 radical (unpaired) electrons. The minimum Gasteiger partial charge on any atom is -0.381 e. The first-order valence-electron chi connectivity index (χ1n) is 10.9. The highest BCUT2D eigenvalue weighted by atomic mass is 35.5. The third-order valence-electron chi connectivity index (χ3n) is 5.78. The number of carbonyl (C=O) groups is 2. The van der Waals surface area contributed by atoms with Gasteiger partial charge in [-0.15, -0.1) is 0 Å². The predicted octanol–water partition coefficient (Wildman–Crippen LogP) is 4.44. The fourth-order valence-electron chi connectivity index (χ4n) is 4.01. The standard InChI is InChI=1S/C25H26ClN3O4/c1-32-15-17-6-7-20(19-5-3-2-4-18(17)19)24(30)28-21-8-9-22(26)29-23(21)25(31)27-14-16-10-12-33-13-11-16/h2-9,16H,10-15H2,1H3,(H,27,31)(H,28,30). The van der Waals surface area contributed by atoms with Gasteiger partial charge in [-0.1, -0.05) is 41.9 Å². The number of halogens is 1. The number of nitrogens with one attached hydrogen (secondary N) is 2. The third-order valence-corrected chi connectivity index (χ3v) is 5.99. The first-order valence-corrected chi connectivity index (χ1v) is 11.3. The van der Waals surface area contributed by atoms with Crippen molar-refractivity contribution in [2.45, 2.75) is 19.4 Å². The Hall–Kier alpha value is -3.00. The lowest BCUT2D eigenvalue weighted by Crippen LogP contribution is -2.33. The van der Waals surface area contributed by atoms with Gasteiger partial charge in [0.05, 0.1) is 12.3 Å². The summed E-state index contributed by atoms with van der Waals surface area (Å²) in [6, 6.07) is 14.4. The minimum atomic E-state index is -0.375. The van der Waals surface area contributed by atoms with Crippen LogP contribution < -0.4 is 10.6 Å². The summed E-state index contributed by atoms with van der Waals surface area (Å²) in [7, 11) is 1.64. The molecular weight excluding hydrogens is 442 g/mol. The van der Waals surface area contributed by atoms with Crippen LogP contribution in [-0.2, 0) is 16.1 Å². The topological polar surface area (TPSA) is 89.5 Å². The van der Waals surface area contributed by atoms with Gasteiger partial charge in [-0.25, -0.2) is 4.98 Å². The molecular formula is C25H26ClN3O4. The van der Waals surface area contributed by atoms with Crippen molar-refractivity contribution in [1.29, 1.82) is 0 Å². The first-order chi connectivity index (χ1) is 16.1. The Morgan fingerprint density at radius 2 is 1.82 bits per heavy atom. The molecule has 0 bridgehead atoms. The molecule has 1 aliphatic rings. The average molecular weight is 468 g/mol. The fraction of sp³-hybridized carbons (Fsp3) is 0.320. The molecule has 3 aromatic rings. The second-order valence-electron chi connectivity index (χ2n) is 8.00. The van der Waals surface area contributed by atoms with Crippen LogP contribution in [0.2, 0.25) is 5.15 Å². The number of fused-ring (bicyclic) bond motifs is 1. The molecule has 0 atom stereocenters. The lowest BCUT2D eigenvalue weighted by Gasteiger charge is -2.22. The fourth-order valence-corrected chi connectivity index (χ4v) is 4.16. The Morgan fingerprint density at radius 3 is 2.58 bits per heavy atom. The number of aromatic nitrogens is 1. The summed E-state index contributed by atoms with van der Waals surface area (Å²) in [5.41, 5.74) is 1.88. The zero-order chi connectivity index (χ0) is 23.2. The SMILES string of the molecule is COCc1ccc(C(=O)Nc2ccc(Cl)nc2C(=O)NCC2CCOCC2)c2ccccc12. The summed E-state index contributed by atoms with van der Waals surface area (Å²) in [6.45, 7) is 2.37. The highest BCUT2D eigenvalue weighted by Gasteiger charge is 2.20. The van der Waals surface area contributed by atoms with E-state index in [2.05, 4.69) is 15.6 Å². The van der Waals surface area contributed by atoms with Crippen LogP contribution >= 0.6 is 11.6 Å². The summed E-state index contributed by atoms with van der Waals surface area (Å²) in [4.78, 5) is 30.3. The summed E-state index contributed by atoms with van der Waals surface area (Å²) in [5, 5.41) is 7.69. The van der Waals surface area contributed by atoms with Gasteiger partial charge in [-0.3, -0.25) is 9.59 Å². The molecule has 0 aliphatic carbocycles. The van der Waals surface area contributed by atoms with Crippen molar-refractivity contribution in [2.24, 2.45) is 5.92 Å². The normalized spacial score (nSPS) is 14.2. The van der Waals surface area contributed by atoms with Gasteiger partial charge in [-0.2, -0.15) is 0 Å².